The molecule has 0 spiro atoms. The van der Waals surface area contributed by atoms with Crippen molar-refractivity contribution >= 4 is 6.09 Å². The van der Waals surface area contributed by atoms with Gasteiger partial charge in [0, 0.05) is 11.8 Å². The third-order valence-corrected chi connectivity index (χ3v) is 3.81. The standard InChI is InChI=1S/C21H28N2O2/c1-5-6-13-19(23-20(24)25-21(2,3)4)17-12-8-7-11-16(17)18-14-9-10-15-22-18/h7-12,14-15,19H,5-6,13H2,1-4H3,(H,23,24). The molecule has 25 heavy (non-hydrogen) atoms. The van der Waals surface area contributed by atoms with Gasteiger partial charge in [0.15, 0.2) is 0 Å². The summed E-state index contributed by atoms with van der Waals surface area (Å²) in [6, 6.07) is 13.9. The van der Waals surface area contributed by atoms with Crippen LogP contribution in [-0.4, -0.2) is 16.7 Å². The fraction of sp³-hybridized carbons (Fsp3) is 0.429. The average molecular weight is 340 g/mol. The number of hydrogen-bond donors (Lipinski definition) is 1. The van der Waals surface area contributed by atoms with Crippen LogP contribution in [0.2, 0.25) is 0 Å². The van der Waals surface area contributed by atoms with E-state index in [1.54, 1.807) is 6.20 Å². The SMILES string of the molecule is CCCCC(NC(=O)OC(C)(C)C)c1ccccc1-c1ccccn1. The van der Waals surface area contributed by atoms with Crippen LogP contribution in [0, 0.1) is 0 Å². The van der Waals surface area contributed by atoms with Crippen molar-refractivity contribution in [3.05, 3.63) is 54.2 Å². The number of aromatic nitrogens is 1. The molecule has 0 bridgehead atoms. The van der Waals surface area contributed by atoms with Gasteiger partial charge in [-0.05, 0) is 44.9 Å². The second kappa shape index (κ2) is 8.65. The molecule has 4 heteroatoms. The van der Waals surface area contributed by atoms with Crippen LogP contribution >= 0.6 is 0 Å². The van der Waals surface area contributed by atoms with Gasteiger partial charge >= 0.3 is 6.09 Å². The molecule has 2 aromatic rings. The van der Waals surface area contributed by atoms with Gasteiger partial charge in [-0.25, -0.2) is 4.79 Å². The Balaban J connectivity index is 2.30. The lowest BCUT2D eigenvalue weighted by Gasteiger charge is -2.25. The second-order valence-corrected chi connectivity index (χ2v) is 7.14. The van der Waals surface area contributed by atoms with Crippen molar-refractivity contribution in [2.75, 3.05) is 0 Å². The van der Waals surface area contributed by atoms with Crippen molar-refractivity contribution in [1.29, 1.82) is 0 Å². The van der Waals surface area contributed by atoms with E-state index in [0.717, 1.165) is 36.1 Å². The van der Waals surface area contributed by atoms with E-state index in [0.29, 0.717) is 0 Å². The van der Waals surface area contributed by atoms with Crippen LogP contribution < -0.4 is 5.32 Å². The molecule has 1 heterocycles. The zero-order valence-corrected chi connectivity index (χ0v) is 15.6. The van der Waals surface area contributed by atoms with Crippen LogP contribution in [0.4, 0.5) is 4.79 Å². The highest BCUT2D eigenvalue weighted by Crippen LogP contribution is 2.30. The third kappa shape index (κ3) is 5.89. The van der Waals surface area contributed by atoms with Gasteiger partial charge in [-0.15, -0.1) is 0 Å². The molecule has 0 fully saturated rings. The Morgan fingerprint density at radius 3 is 2.52 bits per heavy atom. The van der Waals surface area contributed by atoms with E-state index in [1.165, 1.54) is 0 Å². The molecule has 1 N–H and O–H groups in total. The van der Waals surface area contributed by atoms with Gasteiger partial charge in [-0.2, -0.15) is 0 Å². The van der Waals surface area contributed by atoms with Crippen LogP contribution in [0.1, 0.15) is 58.6 Å². The number of amides is 1. The largest absolute Gasteiger partial charge is 0.444 e. The number of rotatable bonds is 6. The summed E-state index contributed by atoms with van der Waals surface area (Å²) in [5.74, 6) is 0. The summed E-state index contributed by atoms with van der Waals surface area (Å²) in [5.41, 5.74) is 2.51. The zero-order valence-electron chi connectivity index (χ0n) is 15.6. The molecule has 0 radical (unpaired) electrons. The number of alkyl carbamates (subject to hydrolysis) is 1. The number of benzene rings is 1. The first kappa shape index (κ1) is 19.0. The van der Waals surface area contributed by atoms with E-state index in [9.17, 15) is 4.79 Å². The molecule has 2 rings (SSSR count). The maximum Gasteiger partial charge on any atom is 0.408 e. The fourth-order valence-electron chi connectivity index (χ4n) is 2.72. The maximum atomic E-state index is 12.3. The summed E-state index contributed by atoms with van der Waals surface area (Å²) in [6.45, 7) is 7.76. The average Bonchev–Trinajstić information content (AvgIpc) is 2.58. The second-order valence-electron chi connectivity index (χ2n) is 7.14. The lowest BCUT2D eigenvalue weighted by atomic mass is 9.94. The Morgan fingerprint density at radius 1 is 1.16 bits per heavy atom. The van der Waals surface area contributed by atoms with Gasteiger partial charge in [0.05, 0.1) is 11.7 Å². The first-order chi connectivity index (χ1) is 11.9. The van der Waals surface area contributed by atoms with Crippen LogP contribution in [0.15, 0.2) is 48.7 Å². The molecule has 1 amide bonds. The molecule has 0 aliphatic carbocycles. The highest BCUT2D eigenvalue weighted by atomic mass is 16.6. The van der Waals surface area contributed by atoms with Crippen molar-refractivity contribution in [2.24, 2.45) is 0 Å². The minimum atomic E-state index is -0.514. The summed E-state index contributed by atoms with van der Waals surface area (Å²) >= 11 is 0. The number of nitrogens with zero attached hydrogens (tertiary/aromatic N) is 1. The smallest absolute Gasteiger partial charge is 0.408 e. The monoisotopic (exact) mass is 340 g/mol. The quantitative estimate of drug-likeness (QED) is 0.755. The van der Waals surface area contributed by atoms with Gasteiger partial charge in [0.1, 0.15) is 5.60 Å². The van der Waals surface area contributed by atoms with Crippen molar-refractivity contribution in [3.8, 4) is 11.3 Å². The first-order valence-electron chi connectivity index (χ1n) is 8.90. The number of nitrogens with one attached hydrogen (secondary N) is 1. The van der Waals surface area contributed by atoms with Gasteiger partial charge in [-0.1, -0.05) is 50.1 Å². The van der Waals surface area contributed by atoms with Crippen molar-refractivity contribution < 1.29 is 9.53 Å². The maximum absolute atomic E-state index is 12.3. The van der Waals surface area contributed by atoms with E-state index >= 15 is 0 Å². The topological polar surface area (TPSA) is 51.2 Å². The fourth-order valence-corrected chi connectivity index (χ4v) is 2.72. The van der Waals surface area contributed by atoms with Crippen molar-refractivity contribution in [2.45, 2.75) is 58.6 Å². The van der Waals surface area contributed by atoms with E-state index in [2.05, 4.69) is 23.3 Å². The molecule has 0 aliphatic heterocycles. The highest BCUT2D eigenvalue weighted by Gasteiger charge is 2.22. The first-order valence-corrected chi connectivity index (χ1v) is 8.90. The van der Waals surface area contributed by atoms with Crippen LogP contribution in [0.3, 0.4) is 0 Å². The Hall–Kier alpha value is -2.36. The third-order valence-electron chi connectivity index (χ3n) is 3.81. The minimum Gasteiger partial charge on any atom is -0.444 e. The number of unbranched alkanes of at least 4 members (excludes halogenated alkanes) is 1. The lowest BCUT2D eigenvalue weighted by molar-refractivity contribution is 0.0500. The number of carbonyl (C=O) groups is 1. The van der Waals surface area contributed by atoms with E-state index < -0.39 is 5.60 Å². The molecular weight excluding hydrogens is 312 g/mol. The molecule has 1 unspecified atom stereocenters. The van der Waals surface area contributed by atoms with Crippen molar-refractivity contribution in [3.63, 3.8) is 0 Å². The number of carbonyl (C=O) groups excluding carboxylic acids is 1. The molecular formula is C21H28N2O2. The Bertz CT molecular complexity index is 678. The molecule has 0 aliphatic rings. The molecule has 1 aromatic carbocycles. The number of pyridine rings is 1. The highest BCUT2D eigenvalue weighted by molar-refractivity contribution is 5.70. The Labute approximate surface area is 150 Å². The number of hydrogen-bond acceptors (Lipinski definition) is 3. The predicted molar refractivity (Wildman–Crippen MR) is 101 cm³/mol. The number of ether oxygens (including phenoxy) is 1. The molecule has 0 saturated carbocycles. The predicted octanol–water partition coefficient (Wildman–Crippen LogP) is 5.50. The van der Waals surface area contributed by atoms with Crippen LogP contribution in [-0.2, 0) is 4.74 Å². The van der Waals surface area contributed by atoms with Gasteiger partial charge in [0.25, 0.3) is 0 Å². The molecule has 4 nitrogen and oxygen atoms in total. The summed E-state index contributed by atoms with van der Waals surface area (Å²) in [5, 5.41) is 3.05. The van der Waals surface area contributed by atoms with E-state index in [-0.39, 0.29) is 12.1 Å². The van der Waals surface area contributed by atoms with Crippen molar-refractivity contribution in [1.82, 2.24) is 10.3 Å². The minimum absolute atomic E-state index is 0.104. The van der Waals surface area contributed by atoms with Gasteiger partial charge in [-0.3, -0.25) is 4.98 Å². The van der Waals surface area contributed by atoms with E-state index in [4.69, 9.17) is 4.74 Å². The summed E-state index contributed by atoms with van der Waals surface area (Å²) in [4.78, 5) is 16.8. The van der Waals surface area contributed by atoms with Crippen LogP contribution in [0.25, 0.3) is 11.3 Å². The van der Waals surface area contributed by atoms with E-state index in [1.807, 2.05) is 57.2 Å². The summed E-state index contributed by atoms with van der Waals surface area (Å²) in [7, 11) is 0. The molecule has 1 atom stereocenters. The summed E-state index contributed by atoms with van der Waals surface area (Å²) < 4.78 is 5.45. The molecule has 134 valence electrons. The lowest BCUT2D eigenvalue weighted by Crippen LogP contribution is -2.35. The molecule has 0 saturated heterocycles. The zero-order chi connectivity index (χ0) is 18.3. The Kier molecular flexibility index (Phi) is 6.57. The van der Waals surface area contributed by atoms with Crippen LogP contribution in [0.5, 0.6) is 0 Å². The van der Waals surface area contributed by atoms with Gasteiger partial charge < -0.3 is 10.1 Å². The molecule has 1 aromatic heterocycles. The summed E-state index contributed by atoms with van der Waals surface area (Å²) in [6.07, 6.45) is 4.35. The Morgan fingerprint density at radius 2 is 1.88 bits per heavy atom. The van der Waals surface area contributed by atoms with Gasteiger partial charge in [0.2, 0.25) is 0 Å². The normalized spacial score (nSPS) is 12.5.